The van der Waals surface area contributed by atoms with E-state index in [1.165, 1.54) is 6.07 Å². The minimum atomic E-state index is -0.440. The molecule has 2 aromatic rings. The fourth-order valence-electron chi connectivity index (χ4n) is 3.39. The monoisotopic (exact) mass is 340 g/mol. The first-order valence-electron chi connectivity index (χ1n) is 7.93. The number of fused-ring (bicyclic) bond motifs is 2. The minimum Gasteiger partial charge on any atom is -0.454 e. The lowest BCUT2D eigenvalue weighted by atomic mass is 9.82. The normalized spacial score (nSPS) is 17.8. The molecule has 2 aromatic carbocycles. The number of nitro groups is 1. The molecular weight excluding hydrogens is 324 g/mol. The van der Waals surface area contributed by atoms with Crippen molar-refractivity contribution >= 4 is 17.3 Å². The van der Waals surface area contributed by atoms with Crippen LogP contribution in [0.2, 0.25) is 0 Å². The van der Waals surface area contributed by atoms with Crippen LogP contribution in [0.5, 0.6) is 11.5 Å². The van der Waals surface area contributed by atoms with Crippen LogP contribution < -0.4 is 14.8 Å². The van der Waals surface area contributed by atoms with Gasteiger partial charge < -0.3 is 14.8 Å². The molecule has 0 spiro atoms. The highest BCUT2D eigenvalue weighted by Gasteiger charge is 2.34. The summed E-state index contributed by atoms with van der Waals surface area (Å²) >= 11 is 0. The van der Waals surface area contributed by atoms with Gasteiger partial charge in [-0.05, 0) is 42.7 Å². The van der Waals surface area contributed by atoms with E-state index in [1.54, 1.807) is 6.07 Å². The Morgan fingerprint density at radius 1 is 1.08 bits per heavy atom. The van der Waals surface area contributed by atoms with E-state index in [9.17, 15) is 14.9 Å². The van der Waals surface area contributed by atoms with Crippen molar-refractivity contribution in [2.24, 2.45) is 0 Å². The van der Waals surface area contributed by atoms with Gasteiger partial charge in [0.25, 0.3) is 5.69 Å². The van der Waals surface area contributed by atoms with E-state index in [2.05, 4.69) is 5.32 Å². The summed E-state index contributed by atoms with van der Waals surface area (Å²) in [4.78, 5) is 23.3. The lowest BCUT2D eigenvalue weighted by Crippen LogP contribution is -2.24. The number of aryl methyl sites for hydroxylation is 2. The summed E-state index contributed by atoms with van der Waals surface area (Å²) in [6, 6.07) is 6.91. The number of nitro benzene ring substituents is 1. The summed E-state index contributed by atoms with van der Waals surface area (Å²) in [5.74, 6) is 0.263. The van der Waals surface area contributed by atoms with Gasteiger partial charge in [0.1, 0.15) is 0 Å². The first kappa shape index (κ1) is 15.4. The van der Waals surface area contributed by atoms with Crippen molar-refractivity contribution in [3.8, 4) is 11.5 Å². The predicted octanol–water partition coefficient (Wildman–Crippen LogP) is 3.41. The molecule has 128 valence electrons. The molecule has 7 heteroatoms. The fourth-order valence-corrected chi connectivity index (χ4v) is 3.39. The molecule has 1 atom stereocenters. The van der Waals surface area contributed by atoms with Crippen LogP contribution in [-0.2, 0) is 4.79 Å². The van der Waals surface area contributed by atoms with E-state index in [4.69, 9.17) is 9.47 Å². The highest BCUT2D eigenvalue weighted by Crippen LogP contribution is 2.46. The van der Waals surface area contributed by atoms with Crippen LogP contribution in [0.3, 0.4) is 0 Å². The van der Waals surface area contributed by atoms with Crippen molar-refractivity contribution < 1.29 is 19.2 Å². The van der Waals surface area contributed by atoms with Crippen molar-refractivity contribution in [1.82, 2.24) is 0 Å². The lowest BCUT2D eigenvalue weighted by Gasteiger charge is -2.27. The standard InChI is InChI=1S/C18H16N2O5/c1-9-3-12-11(6-18(21)19-14(12)4-10(9)2)13-5-16-17(25-8-24-16)7-15(13)20(22)23/h3-5,7,11H,6,8H2,1-2H3,(H,19,21)/t11-/m0/s1. The second kappa shape index (κ2) is 5.47. The van der Waals surface area contributed by atoms with Gasteiger partial charge in [0, 0.05) is 23.6 Å². The van der Waals surface area contributed by atoms with Crippen LogP contribution >= 0.6 is 0 Å². The van der Waals surface area contributed by atoms with E-state index in [0.717, 1.165) is 16.7 Å². The number of carbonyl (C=O) groups excluding carboxylic acids is 1. The van der Waals surface area contributed by atoms with Gasteiger partial charge in [-0.15, -0.1) is 0 Å². The van der Waals surface area contributed by atoms with Gasteiger partial charge in [0.15, 0.2) is 11.5 Å². The van der Waals surface area contributed by atoms with E-state index in [-0.39, 0.29) is 24.8 Å². The second-order valence-corrected chi connectivity index (χ2v) is 6.35. The van der Waals surface area contributed by atoms with Gasteiger partial charge in [0.2, 0.25) is 12.7 Å². The maximum atomic E-state index is 12.2. The number of hydrogen-bond donors (Lipinski definition) is 1. The summed E-state index contributed by atoms with van der Waals surface area (Å²) in [7, 11) is 0. The van der Waals surface area contributed by atoms with E-state index < -0.39 is 10.8 Å². The van der Waals surface area contributed by atoms with Gasteiger partial charge in [-0.2, -0.15) is 0 Å². The van der Waals surface area contributed by atoms with Gasteiger partial charge in [0.05, 0.1) is 11.0 Å². The Hall–Kier alpha value is -3.09. The maximum Gasteiger partial charge on any atom is 0.277 e. The molecule has 0 fully saturated rings. The maximum absolute atomic E-state index is 12.2. The highest BCUT2D eigenvalue weighted by atomic mass is 16.7. The first-order chi connectivity index (χ1) is 11.9. The average Bonchev–Trinajstić information content (AvgIpc) is 3.02. The molecule has 2 aliphatic heterocycles. The molecule has 4 rings (SSSR count). The summed E-state index contributed by atoms with van der Waals surface area (Å²) < 4.78 is 10.6. The van der Waals surface area contributed by atoms with Gasteiger partial charge in [-0.3, -0.25) is 14.9 Å². The molecule has 0 saturated carbocycles. The number of carbonyl (C=O) groups is 1. The molecule has 0 unspecified atom stereocenters. The van der Waals surface area contributed by atoms with Crippen LogP contribution in [0, 0.1) is 24.0 Å². The smallest absolute Gasteiger partial charge is 0.277 e. The summed E-state index contributed by atoms with van der Waals surface area (Å²) in [5.41, 5.74) is 4.12. The number of amides is 1. The quantitative estimate of drug-likeness (QED) is 0.668. The Balaban J connectivity index is 1.92. The largest absolute Gasteiger partial charge is 0.454 e. The Morgan fingerprint density at radius 2 is 1.76 bits per heavy atom. The predicted molar refractivity (Wildman–Crippen MR) is 90.2 cm³/mol. The number of benzene rings is 2. The average molecular weight is 340 g/mol. The zero-order valence-corrected chi connectivity index (χ0v) is 13.8. The van der Waals surface area contributed by atoms with Crippen LogP contribution in [-0.4, -0.2) is 17.6 Å². The highest BCUT2D eigenvalue weighted by molar-refractivity contribution is 5.95. The first-order valence-corrected chi connectivity index (χ1v) is 7.93. The third kappa shape index (κ3) is 2.48. The molecule has 0 aliphatic carbocycles. The van der Waals surface area contributed by atoms with E-state index >= 15 is 0 Å². The van der Waals surface area contributed by atoms with Gasteiger partial charge in [-0.1, -0.05) is 6.07 Å². The zero-order chi connectivity index (χ0) is 17.7. The molecule has 25 heavy (non-hydrogen) atoms. The molecule has 0 saturated heterocycles. The van der Waals surface area contributed by atoms with Crippen LogP contribution in [0.25, 0.3) is 0 Å². The van der Waals surface area contributed by atoms with Crippen LogP contribution in [0.1, 0.15) is 34.6 Å². The Kier molecular flexibility index (Phi) is 3.38. The fraction of sp³-hybridized carbons (Fsp3) is 0.278. The molecule has 2 aliphatic rings. The van der Waals surface area contributed by atoms with E-state index in [1.807, 2.05) is 26.0 Å². The van der Waals surface area contributed by atoms with Crippen molar-refractivity contribution in [3.05, 3.63) is 56.6 Å². The zero-order valence-electron chi connectivity index (χ0n) is 13.8. The second-order valence-electron chi connectivity index (χ2n) is 6.35. The van der Waals surface area contributed by atoms with Crippen molar-refractivity contribution in [3.63, 3.8) is 0 Å². The number of nitrogens with zero attached hydrogens (tertiary/aromatic N) is 1. The third-order valence-electron chi connectivity index (χ3n) is 4.80. The Bertz CT molecular complexity index is 922. The van der Waals surface area contributed by atoms with Crippen molar-refractivity contribution in [1.29, 1.82) is 0 Å². The topological polar surface area (TPSA) is 90.7 Å². The number of rotatable bonds is 2. The van der Waals surface area contributed by atoms with Gasteiger partial charge in [-0.25, -0.2) is 0 Å². The number of ether oxygens (including phenoxy) is 2. The van der Waals surface area contributed by atoms with Crippen LogP contribution in [0.15, 0.2) is 24.3 Å². The van der Waals surface area contributed by atoms with E-state index in [0.29, 0.717) is 22.7 Å². The third-order valence-corrected chi connectivity index (χ3v) is 4.80. The van der Waals surface area contributed by atoms with Crippen molar-refractivity contribution in [2.45, 2.75) is 26.2 Å². The number of hydrogen-bond acceptors (Lipinski definition) is 5. The number of nitrogens with one attached hydrogen (secondary N) is 1. The summed E-state index contributed by atoms with van der Waals surface area (Å²) in [5, 5.41) is 14.5. The van der Waals surface area contributed by atoms with Crippen LogP contribution in [0.4, 0.5) is 11.4 Å². The molecular formula is C18H16N2O5. The lowest BCUT2D eigenvalue weighted by molar-refractivity contribution is -0.385. The molecule has 0 radical (unpaired) electrons. The molecule has 2 heterocycles. The summed E-state index contributed by atoms with van der Waals surface area (Å²) in [6.07, 6.45) is 0.149. The molecule has 0 bridgehead atoms. The molecule has 1 amide bonds. The van der Waals surface area contributed by atoms with Gasteiger partial charge >= 0.3 is 0 Å². The van der Waals surface area contributed by atoms with Crippen molar-refractivity contribution in [2.75, 3.05) is 12.1 Å². The molecule has 1 N–H and O–H groups in total. The number of anilines is 1. The Labute approximate surface area is 143 Å². The SMILES string of the molecule is Cc1cc2c(cc1C)[C@@H](c1cc3c(cc1[N+](=O)[O-])OCO3)CC(=O)N2. The molecule has 0 aromatic heterocycles. The summed E-state index contributed by atoms with van der Waals surface area (Å²) in [6.45, 7) is 3.99. The Morgan fingerprint density at radius 3 is 2.48 bits per heavy atom. The minimum absolute atomic E-state index is 0.0377. The molecule has 7 nitrogen and oxygen atoms in total.